The Balaban J connectivity index is 2.75. The highest BCUT2D eigenvalue weighted by molar-refractivity contribution is 4.96. The minimum atomic E-state index is 0.0656. The number of hydrogen-bond acceptors (Lipinski definition) is 2. The van der Waals surface area contributed by atoms with Gasteiger partial charge in [-0.3, -0.25) is 0 Å². The quantitative estimate of drug-likeness (QED) is 0.725. The molecule has 1 N–H and O–H groups in total. The number of hydrogen-bond donors (Lipinski definition) is 1. The molecule has 0 fully saturated rings. The zero-order valence-electron chi connectivity index (χ0n) is 7.91. The van der Waals surface area contributed by atoms with E-state index in [-0.39, 0.29) is 12.0 Å². The lowest BCUT2D eigenvalue weighted by Gasteiger charge is -2.19. The van der Waals surface area contributed by atoms with Gasteiger partial charge >= 0.3 is 0 Å². The highest BCUT2D eigenvalue weighted by Gasteiger charge is 2.12. The van der Waals surface area contributed by atoms with Crippen molar-refractivity contribution < 1.29 is 5.11 Å². The van der Waals surface area contributed by atoms with E-state index in [1.165, 1.54) is 0 Å². The van der Waals surface area contributed by atoms with Crippen molar-refractivity contribution >= 4 is 0 Å². The van der Waals surface area contributed by atoms with E-state index in [9.17, 15) is 0 Å². The Morgan fingerprint density at radius 3 is 2.67 bits per heavy atom. The fourth-order valence-corrected chi connectivity index (χ4v) is 1.13. The van der Waals surface area contributed by atoms with Crippen molar-refractivity contribution in [3.05, 3.63) is 18.2 Å². The van der Waals surface area contributed by atoms with Crippen LogP contribution in [0.3, 0.4) is 0 Å². The molecular formula is C9H16N2O. The van der Waals surface area contributed by atoms with Crippen LogP contribution in [0.1, 0.15) is 26.5 Å². The summed E-state index contributed by atoms with van der Waals surface area (Å²) in [5.41, 5.74) is 1.11. The summed E-state index contributed by atoms with van der Waals surface area (Å²) in [5.74, 6) is 0. The molecule has 0 spiro atoms. The van der Waals surface area contributed by atoms with Crippen molar-refractivity contribution in [3.8, 4) is 0 Å². The van der Waals surface area contributed by atoms with E-state index in [0.717, 1.165) is 12.2 Å². The molecule has 0 saturated carbocycles. The van der Waals surface area contributed by atoms with Gasteiger partial charge in [0, 0.05) is 6.54 Å². The van der Waals surface area contributed by atoms with Crippen LogP contribution in [0.15, 0.2) is 12.5 Å². The molecule has 0 amide bonds. The molecular weight excluding hydrogens is 152 g/mol. The molecule has 1 aromatic rings. The van der Waals surface area contributed by atoms with E-state index in [2.05, 4.69) is 25.8 Å². The molecule has 0 bridgehead atoms. The molecule has 0 aliphatic heterocycles. The van der Waals surface area contributed by atoms with Gasteiger partial charge < -0.3 is 9.67 Å². The summed E-state index contributed by atoms with van der Waals surface area (Å²) in [5, 5.41) is 8.94. The summed E-state index contributed by atoms with van der Waals surface area (Å²) in [4.78, 5) is 3.98. The van der Waals surface area contributed by atoms with E-state index < -0.39 is 0 Å². The maximum atomic E-state index is 8.94. The maximum Gasteiger partial charge on any atom is 0.0949 e. The van der Waals surface area contributed by atoms with Crippen LogP contribution in [0, 0.1) is 5.41 Å². The van der Waals surface area contributed by atoms with Crippen molar-refractivity contribution in [1.82, 2.24) is 9.55 Å². The van der Waals surface area contributed by atoms with E-state index in [1.807, 2.05) is 4.57 Å². The summed E-state index contributed by atoms with van der Waals surface area (Å²) in [7, 11) is 0. The molecule has 0 saturated heterocycles. The van der Waals surface area contributed by atoms with Crippen LogP contribution in [0.2, 0.25) is 0 Å². The zero-order valence-corrected chi connectivity index (χ0v) is 7.91. The minimum Gasteiger partial charge on any atom is -0.390 e. The molecule has 0 radical (unpaired) electrons. The predicted molar refractivity (Wildman–Crippen MR) is 47.6 cm³/mol. The molecule has 0 unspecified atom stereocenters. The second-order valence-electron chi connectivity index (χ2n) is 4.23. The second-order valence-corrected chi connectivity index (χ2v) is 4.23. The highest BCUT2D eigenvalue weighted by Crippen LogP contribution is 2.17. The van der Waals surface area contributed by atoms with Crippen LogP contribution in [-0.2, 0) is 13.2 Å². The Labute approximate surface area is 73.1 Å². The van der Waals surface area contributed by atoms with Crippen LogP contribution in [0.4, 0.5) is 0 Å². The average Bonchev–Trinajstić information content (AvgIpc) is 2.31. The number of aliphatic hydroxyl groups excluding tert-OH is 1. The van der Waals surface area contributed by atoms with E-state index in [4.69, 9.17) is 5.11 Å². The summed E-state index contributed by atoms with van der Waals surface area (Å²) in [6.07, 6.45) is 3.46. The Hall–Kier alpha value is -0.830. The van der Waals surface area contributed by atoms with Gasteiger partial charge in [0.1, 0.15) is 0 Å². The maximum absolute atomic E-state index is 8.94. The number of aliphatic hydroxyl groups is 1. The van der Waals surface area contributed by atoms with E-state index in [1.54, 1.807) is 12.5 Å². The largest absolute Gasteiger partial charge is 0.390 e. The van der Waals surface area contributed by atoms with Gasteiger partial charge in [-0.25, -0.2) is 4.98 Å². The fourth-order valence-electron chi connectivity index (χ4n) is 1.13. The van der Waals surface area contributed by atoms with E-state index in [0.29, 0.717) is 0 Å². The first-order chi connectivity index (χ1) is 5.53. The summed E-state index contributed by atoms with van der Waals surface area (Å²) in [6.45, 7) is 7.44. The Morgan fingerprint density at radius 1 is 1.50 bits per heavy atom. The minimum absolute atomic E-state index is 0.0656. The lowest BCUT2D eigenvalue weighted by atomic mass is 9.97. The van der Waals surface area contributed by atoms with Crippen molar-refractivity contribution in [3.63, 3.8) is 0 Å². The standard InChI is InChI=1S/C9H16N2O/c1-9(2,3)6-11-7-10-4-8(11)5-12/h4,7,12H,5-6H2,1-3H3. The average molecular weight is 168 g/mol. The molecule has 3 nitrogen and oxygen atoms in total. The fraction of sp³-hybridized carbons (Fsp3) is 0.667. The van der Waals surface area contributed by atoms with Crippen LogP contribution < -0.4 is 0 Å². The summed E-state index contributed by atoms with van der Waals surface area (Å²) >= 11 is 0. The molecule has 12 heavy (non-hydrogen) atoms. The number of aromatic nitrogens is 2. The predicted octanol–water partition coefficient (Wildman–Crippen LogP) is 1.42. The zero-order chi connectivity index (χ0) is 9.19. The van der Waals surface area contributed by atoms with Crippen molar-refractivity contribution in [1.29, 1.82) is 0 Å². The molecule has 3 heteroatoms. The van der Waals surface area contributed by atoms with Gasteiger partial charge in [-0.15, -0.1) is 0 Å². The number of nitrogens with zero attached hydrogens (tertiary/aromatic N) is 2. The van der Waals surface area contributed by atoms with Gasteiger partial charge in [0.2, 0.25) is 0 Å². The Bertz CT molecular complexity index is 247. The smallest absolute Gasteiger partial charge is 0.0949 e. The van der Waals surface area contributed by atoms with Crippen molar-refractivity contribution in [2.75, 3.05) is 0 Å². The van der Waals surface area contributed by atoms with Gasteiger partial charge in [0.25, 0.3) is 0 Å². The highest BCUT2D eigenvalue weighted by atomic mass is 16.3. The first-order valence-electron chi connectivity index (χ1n) is 4.13. The monoisotopic (exact) mass is 168 g/mol. The molecule has 0 aromatic carbocycles. The molecule has 0 aliphatic carbocycles. The van der Waals surface area contributed by atoms with Gasteiger partial charge in [-0.1, -0.05) is 20.8 Å². The first kappa shape index (κ1) is 9.26. The SMILES string of the molecule is CC(C)(C)Cn1cncc1CO. The van der Waals surface area contributed by atoms with Crippen molar-refractivity contribution in [2.45, 2.75) is 33.9 Å². The molecule has 1 rings (SSSR count). The molecule has 0 atom stereocenters. The van der Waals surface area contributed by atoms with Crippen LogP contribution in [-0.4, -0.2) is 14.7 Å². The van der Waals surface area contributed by atoms with Crippen LogP contribution in [0.25, 0.3) is 0 Å². The normalized spacial score (nSPS) is 12.0. The Kier molecular flexibility index (Phi) is 2.52. The lowest BCUT2D eigenvalue weighted by Crippen LogP contribution is -2.16. The summed E-state index contributed by atoms with van der Waals surface area (Å²) in [6, 6.07) is 0. The van der Waals surface area contributed by atoms with Gasteiger partial charge in [-0.2, -0.15) is 0 Å². The Morgan fingerprint density at radius 2 is 2.17 bits per heavy atom. The number of imidazole rings is 1. The lowest BCUT2D eigenvalue weighted by molar-refractivity contribution is 0.259. The van der Waals surface area contributed by atoms with E-state index >= 15 is 0 Å². The number of rotatable bonds is 2. The van der Waals surface area contributed by atoms with Gasteiger partial charge in [-0.05, 0) is 5.41 Å². The molecule has 1 aromatic heterocycles. The summed E-state index contributed by atoms with van der Waals surface area (Å²) < 4.78 is 1.99. The topological polar surface area (TPSA) is 38.0 Å². The third-order valence-electron chi connectivity index (χ3n) is 1.61. The second kappa shape index (κ2) is 3.27. The third kappa shape index (κ3) is 2.34. The molecule has 0 aliphatic rings. The van der Waals surface area contributed by atoms with Gasteiger partial charge in [0.05, 0.1) is 24.8 Å². The van der Waals surface area contributed by atoms with Gasteiger partial charge in [0.15, 0.2) is 0 Å². The van der Waals surface area contributed by atoms with Crippen LogP contribution >= 0.6 is 0 Å². The third-order valence-corrected chi connectivity index (χ3v) is 1.61. The first-order valence-corrected chi connectivity index (χ1v) is 4.13. The van der Waals surface area contributed by atoms with Crippen LogP contribution in [0.5, 0.6) is 0 Å². The molecule has 1 heterocycles. The van der Waals surface area contributed by atoms with Crippen molar-refractivity contribution in [2.24, 2.45) is 5.41 Å². The molecule has 68 valence electrons.